The van der Waals surface area contributed by atoms with Gasteiger partial charge in [0, 0.05) is 12.1 Å². The Morgan fingerprint density at radius 1 is 1.04 bits per heavy atom. The van der Waals surface area contributed by atoms with Crippen molar-refractivity contribution in [3.05, 3.63) is 58.7 Å². The van der Waals surface area contributed by atoms with Crippen molar-refractivity contribution in [2.45, 2.75) is 32.7 Å². The van der Waals surface area contributed by atoms with Crippen LogP contribution in [-0.2, 0) is 0 Å². The quantitative estimate of drug-likeness (QED) is 0.878. The Hall–Kier alpha value is -2.53. The average Bonchev–Trinajstić information content (AvgIpc) is 3.35. The number of nitrogens with one attached hydrogen (secondary N) is 1. The van der Waals surface area contributed by atoms with Crippen LogP contribution in [0.3, 0.4) is 0 Å². The van der Waals surface area contributed by atoms with Gasteiger partial charge in [0.05, 0.1) is 6.04 Å². The molecule has 27 heavy (non-hydrogen) atoms. The average molecular weight is 366 g/mol. The van der Waals surface area contributed by atoms with E-state index in [1.165, 1.54) is 18.4 Å². The van der Waals surface area contributed by atoms with Crippen molar-refractivity contribution in [3.63, 3.8) is 0 Å². The van der Waals surface area contributed by atoms with Crippen LogP contribution in [0, 0.1) is 13.8 Å². The minimum atomic E-state index is -0.0250. The molecule has 1 unspecified atom stereocenters. The highest BCUT2D eigenvalue weighted by molar-refractivity contribution is 5.94. The fraction of sp³-hybridized carbons (Fsp3) is 0.409. The molecule has 2 aliphatic heterocycles. The maximum Gasteiger partial charge on any atom is 0.251 e. The number of hydrogen-bond donors (Lipinski definition) is 1. The van der Waals surface area contributed by atoms with E-state index in [-0.39, 0.29) is 18.7 Å². The monoisotopic (exact) mass is 366 g/mol. The van der Waals surface area contributed by atoms with Gasteiger partial charge in [0.1, 0.15) is 0 Å². The Kier molecular flexibility index (Phi) is 5.03. The van der Waals surface area contributed by atoms with E-state index in [1.54, 1.807) is 0 Å². The normalized spacial score (nSPS) is 17.1. The minimum Gasteiger partial charge on any atom is -0.454 e. The Morgan fingerprint density at radius 3 is 2.59 bits per heavy atom. The number of rotatable bonds is 5. The molecular weight excluding hydrogens is 340 g/mol. The molecule has 1 saturated heterocycles. The lowest BCUT2D eigenvalue weighted by atomic mass is 10.0. The van der Waals surface area contributed by atoms with Crippen LogP contribution in [0.1, 0.15) is 45.9 Å². The van der Waals surface area contributed by atoms with Gasteiger partial charge in [-0.1, -0.05) is 12.1 Å². The predicted octanol–water partition coefficient (Wildman–Crippen LogP) is 3.60. The summed E-state index contributed by atoms with van der Waals surface area (Å²) in [7, 11) is 0. The second-order valence-electron chi connectivity index (χ2n) is 7.38. The number of hydrogen-bond acceptors (Lipinski definition) is 4. The molecule has 2 heterocycles. The third-order valence-corrected chi connectivity index (χ3v) is 5.59. The summed E-state index contributed by atoms with van der Waals surface area (Å²) >= 11 is 0. The van der Waals surface area contributed by atoms with Gasteiger partial charge in [-0.05, 0) is 80.7 Å². The Bertz CT molecular complexity index is 843. The Labute approximate surface area is 160 Å². The first kappa shape index (κ1) is 17.9. The zero-order valence-corrected chi connectivity index (χ0v) is 16.0. The van der Waals surface area contributed by atoms with Crippen LogP contribution in [0.15, 0.2) is 36.4 Å². The Balaban J connectivity index is 1.51. The van der Waals surface area contributed by atoms with E-state index >= 15 is 0 Å². The molecule has 1 fully saturated rings. The molecule has 1 amide bonds. The summed E-state index contributed by atoms with van der Waals surface area (Å²) in [6.07, 6.45) is 2.40. The van der Waals surface area contributed by atoms with Gasteiger partial charge in [-0.25, -0.2) is 0 Å². The summed E-state index contributed by atoms with van der Waals surface area (Å²) < 4.78 is 11.0. The molecule has 2 aromatic carbocycles. The van der Waals surface area contributed by atoms with Gasteiger partial charge in [-0.3, -0.25) is 9.69 Å². The molecule has 0 saturated carbocycles. The predicted molar refractivity (Wildman–Crippen MR) is 104 cm³/mol. The third kappa shape index (κ3) is 3.78. The van der Waals surface area contributed by atoms with Crippen molar-refractivity contribution in [1.82, 2.24) is 10.2 Å². The number of fused-ring (bicyclic) bond motifs is 1. The molecule has 0 spiro atoms. The SMILES string of the molecule is Cc1ccc(C(=O)NCC(c2ccc3c(c2)OCO3)N2CCCC2)cc1C. The highest BCUT2D eigenvalue weighted by Crippen LogP contribution is 2.36. The lowest BCUT2D eigenvalue weighted by Gasteiger charge is -2.28. The molecule has 1 N–H and O–H groups in total. The molecule has 0 aliphatic carbocycles. The summed E-state index contributed by atoms with van der Waals surface area (Å²) in [5, 5.41) is 3.14. The van der Waals surface area contributed by atoms with Crippen molar-refractivity contribution in [2.75, 3.05) is 26.4 Å². The van der Waals surface area contributed by atoms with Gasteiger partial charge in [0.2, 0.25) is 6.79 Å². The fourth-order valence-electron chi connectivity index (χ4n) is 3.81. The lowest BCUT2D eigenvalue weighted by molar-refractivity contribution is 0.0938. The molecule has 0 radical (unpaired) electrons. The van der Waals surface area contributed by atoms with Crippen molar-refractivity contribution in [3.8, 4) is 11.5 Å². The molecule has 2 aliphatic rings. The maximum absolute atomic E-state index is 12.7. The van der Waals surface area contributed by atoms with Crippen LogP contribution < -0.4 is 14.8 Å². The number of ether oxygens (including phenoxy) is 2. The van der Waals surface area contributed by atoms with Crippen molar-refractivity contribution in [2.24, 2.45) is 0 Å². The highest BCUT2D eigenvalue weighted by Gasteiger charge is 2.26. The molecule has 1 atom stereocenters. The van der Waals surface area contributed by atoms with E-state index in [0.29, 0.717) is 12.1 Å². The van der Waals surface area contributed by atoms with Gasteiger partial charge >= 0.3 is 0 Å². The number of likely N-dealkylation sites (tertiary alicyclic amines) is 1. The molecule has 0 bridgehead atoms. The number of amides is 1. The number of benzene rings is 2. The molecule has 4 rings (SSSR count). The van der Waals surface area contributed by atoms with E-state index in [4.69, 9.17) is 9.47 Å². The van der Waals surface area contributed by atoms with Crippen molar-refractivity contribution >= 4 is 5.91 Å². The minimum absolute atomic E-state index is 0.0250. The zero-order chi connectivity index (χ0) is 18.8. The largest absolute Gasteiger partial charge is 0.454 e. The third-order valence-electron chi connectivity index (χ3n) is 5.59. The molecule has 0 aromatic heterocycles. The highest BCUT2D eigenvalue weighted by atomic mass is 16.7. The topological polar surface area (TPSA) is 50.8 Å². The van der Waals surface area contributed by atoms with E-state index in [1.807, 2.05) is 37.3 Å². The van der Waals surface area contributed by atoms with Gasteiger partial charge < -0.3 is 14.8 Å². The molecule has 5 nitrogen and oxygen atoms in total. The van der Waals surface area contributed by atoms with Gasteiger partial charge in [0.15, 0.2) is 11.5 Å². The van der Waals surface area contributed by atoms with Gasteiger partial charge in [-0.2, -0.15) is 0 Å². The molecule has 2 aromatic rings. The molecule has 142 valence electrons. The van der Waals surface area contributed by atoms with E-state index < -0.39 is 0 Å². The fourth-order valence-corrected chi connectivity index (χ4v) is 3.81. The van der Waals surface area contributed by atoms with Crippen LogP contribution in [0.2, 0.25) is 0 Å². The van der Waals surface area contributed by atoms with Crippen LogP contribution in [0.25, 0.3) is 0 Å². The van der Waals surface area contributed by atoms with Crippen LogP contribution in [0.5, 0.6) is 11.5 Å². The van der Waals surface area contributed by atoms with Crippen LogP contribution in [-0.4, -0.2) is 37.2 Å². The first-order valence-electron chi connectivity index (χ1n) is 9.61. The number of carbonyl (C=O) groups is 1. The van der Waals surface area contributed by atoms with Crippen LogP contribution in [0.4, 0.5) is 0 Å². The van der Waals surface area contributed by atoms with Crippen LogP contribution >= 0.6 is 0 Å². The lowest BCUT2D eigenvalue weighted by Crippen LogP contribution is -2.36. The summed E-state index contributed by atoms with van der Waals surface area (Å²) in [6.45, 7) is 7.05. The first-order chi connectivity index (χ1) is 13.1. The first-order valence-corrected chi connectivity index (χ1v) is 9.61. The van der Waals surface area contributed by atoms with E-state index in [2.05, 4.69) is 23.2 Å². The number of aryl methyl sites for hydroxylation is 2. The van der Waals surface area contributed by atoms with E-state index in [0.717, 1.165) is 35.7 Å². The number of carbonyl (C=O) groups excluding carboxylic acids is 1. The summed E-state index contributed by atoms with van der Waals surface area (Å²) in [4.78, 5) is 15.1. The van der Waals surface area contributed by atoms with Crippen molar-refractivity contribution < 1.29 is 14.3 Å². The smallest absolute Gasteiger partial charge is 0.251 e. The Morgan fingerprint density at radius 2 is 1.81 bits per heavy atom. The summed E-state index contributed by atoms with van der Waals surface area (Å²) in [5.41, 5.74) is 4.20. The summed E-state index contributed by atoms with van der Waals surface area (Å²) in [6, 6.07) is 12.1. The van der Waals surface area contributed by atoms with Crippen molar-refractivity contribution in [1.29, 1.82) is 0 Å². The zero-order valence-electron chi connectivity index (χ0n) is 16.0. The second kappa shape index (κ2) is 7.61. The number of nitrogens with zero attached hydrogens (tertiary/aromatic N) is 1. The molecular formula is C22H26N2O3. The standard InChI is InChI=1S/C22H26N2O3/c1-15-5-6-18(11-16(15)2)22(25)23-13-19(24-9-3-4-10-24)17-7-8-20-21(12-17)27-14-26-20/h5-8,11-12,19H,3-4,9-10,13-14H2,1-2H3,(H,23,25). The maximum atomic E-state index is 12.7. The van der Waals surface area contributed by atoms with Gasteiger partial charge in [-0.15, -0.1) is 0 Å². The van der Waals surface area contributed by atoms with E-state index in [9.17, 15) is 4.79 Å². The second-order valence-corrected chi connectivity index (χ2v) is 7.38. The molecule has 5 heteroatoms. The van der Waals surface area contributed by atoms with Gasteiger partial charge in [0.25, 0.3) is 5.91 Å². The summed E-state index contributed by atoms with van der Waals surface area (Å²) in [5.74, 6) is 1.55.